The lowest BCUT2D eigenvalue weighted by Crippen LogP contribution is -2.63. The van der Waals surface area contributed by atoms with E-state index in [9.17, 15) is 19.5 Å². The predicted molar refractivity (Wildman–Crippen MR) is 111 cm³/mol. The maximum absolute atomic E-state index is 13.7. The minimum Gasteiger partial charge on any atom is -0.454 e. The number of hydrogen-bond donors (Lipinski definition) is 2. The third-order valence-corrected chi connectivity index (χ3v) is 6.26. The molecule has 3 aliphatic rings. The minimum absolute atomic E-state index is 0.0526. The van der Waals surface area contributed by atoms with Crippen molar-refractivity contribution in [2.75, 3.05) is 0 Å². The van der Waals surface area contributed by atoms with Gasteiger partial charge in [-0.3, -0.25) is 9.59 Å². The van der Waals surface area contributed by atoms with Gasteiger partial charge in [-0.25, -0.2) is 4.79 Å². The second-order valence-electron chi connectivity index (χ2n) is 8.37. The van der Waals surface area contributed by atoms with Gasteiger partial charge in [-0.2, -0.15) is 0 Å². The Morgan fingerprint density at radius 1 is 1.19 bits per heavy atom. The molecule has 5 rings (SSSR count). The van der Waals surface area contributed by atoms with Crippen molar-refractivity contribution in [3.8, 4) is 5.75 Å². The van der Waals surface area contributed by atoms with Gasteiger partial charge in [0.05, 0.1) is 5.56 Å². The zero-order chi connectivity index (χ0) is 22.0. The molecule has 2 heterocycles. The Morgan fingerprint density at radius 3 is 2.71 bits per heavy atom. The van der Waals surface area contributed by atoms with E-state index in [4.69, 9.17) is 9.15 Å². The Balaban J connectivity index is 1.68. The summed E-state index contributed by atoms with van der Waals surface area (Å²) in [5.41, 5.74) is -0.176. The van der Waals surface area contributed by atoms with E-state index in [0.29, 0.717) is 35.3 Å². The Hall–Kier alpha value is -3.45. The fourth-order valence-electron chi connectivity index (χ4n) is 4.63. The van der Waals surface area contributed by atoms with E-state index in [0.717, 1.165) is 17.9 Å². The van der Waals surface area contributed by atoms with Crippen LogP contribution in [-0.2, 0) is 10.3 Å². The molecule has 31 heavy (non-hydrogen) atoms. The van der Waals surface area contributed by atoms with Crippen LogP contribution >= 0.6 is 0 Å². The summed E-state index contributed by atoms with van der Waals surface area (Å²) in [7, 11) is 0. The summed E-state index contributed by atoms with van der Waals surface area (Å²) >= 11 is 0. The fraction of sp³-hybridized carbons (Fsp3) is 0.292. The number of benzene rings is 1. The van der Waals surface area contributed by atoms with Crippen molar-refractivity contribution >= 4 is 11.7 Å². The van der Waals surface area contributed by atoms with Gasteiger partial charge in [-0.1, -0.05) is 38.1 Å². The van der Waals surface area contributed by atoms with E-state index >= 15 is 0 Å². The summed E-state index contributed by atoms with van der Waals surface area (Å²) in [6.45, 7) is 4.06. The molecule has 0 saturated carbocycles. The number of ketones is 1. The van der Waals surface area contributed by atoms with E-state index in [1.807, 2.05) is 26.0 Å². The number of amides is 1. The fourth-order valence-corrected chi connectivity index (χ4v) is 4.63. The molecule has 2 aliphatic carbocycles. The number of carbonyl (C=O) groups is 2. The molecular weight excluding hydrogens is 398 g/mol. The number of Topliss-reactive ketones (excluding diaryl/α,β-unsaturated/α-hetero) is 1. The Kier molecular flexibility index (Phi) is 4.10. The first kappa shape index (κ1) is 19.5. The van der Waals surface area contributed by atoms with E-state index in [2.05, 4.69) is 5.32 Å². The van der Waals surface area contributed by atoms with Crippen LogP contribution < -0.4 is 15.7 Å². The smallest absolute Gasteiger partial charge is 0.335 e. The van der Waals surface area contributed by atoms with Crippen LogP contribution in [0.3, 0.4) is 0 Å². The topological polar surface area (TPSA) is 106 Å². The number of aliphatic hydroxyl groups is 1. The number of fused-ring (bicyclic) bond motifs is 4. The lowest BCUT2D eigenvalue weighted by atomic mass is 9.81. The third kappa shape index (κ3) is 2.53. The highest BCUT2D eigenvalue weighted by atomic mass is 16.6. The molecular formula is C24H21NO6. The van der Waals surface area contributed by atoms with Crippen LogP contribution in [0.15, 0.2) is 69.1 Å². The number of allylic oxidation sites excluding steroid dienone is 1. The van der Waals surface area contributed by atoms with Crippen LogP contribution in [0, 0.1) is 0 Å². The summed E-state index contributed by atoms with van der Waals surface area (Å²) in [6.07, 6.45) is 5.71. The van der Waals surface area contributed by atoms with Crippen molar-refractivity contribution in [2.24, 2.45) is 0 Å². The van der Waals surface area contributed by atoms with Crippen LogP contribution in [0.25, 0.3) is 0 Å². The van der Waals surface area contributed by atoms with Gasteiger partial charge in [0.1, 0.15) is 12.0 Å². The van der Waals surface area contributed by atoms with E-state index in [1.165, 1.54) is 6.07 Å². The van der Waals surface area contributed by atoms with Crippen molar-refractivity contribution in [1.82, 2.24) is 5.32 Å². The molecule has 0 saturated heterocycles. The first-order valence-corrected chi connectivity index (χ1v) is 10.2. The normalized spacial score (nSPS) is 25.9. The quantitative estimate of drug-likeness (QED) is 0.793. The third-order valence-electron chi connectivity index (χ3n) is 6.26. The first-order chi connectivity index (χ1) is 14.8. The number of carbonyl (C=O) groups excluding carboxylic acids is 2. The van der Waals surface area contributed by atoms with E-state index in [1.54, 1.807) is 18.2 Å². The highest BCUT2D eigenvalue weighted by Gasteiger charge is 2.72. The molecule has 1 amide bonds. The number of hydrogen-bond acceptors (Lipinski definition) is 6. The molecule has 0 fully saturated rings. The van der Waals surface area contributed by atoms with Crippen LogP contribution in [0.2, 0.25) is 0 Å². The number of nitrogens with one attached hydrogen (secondary N) is 1. The van der Waals surface area contributed by atoms with Crippen molar-refractivity contribution in [1.29, 1.82) is 0 Å². The second-order valence-corrected chi connectivity index (χ2v) is 8.37. The van der Waals surface area contributed by atoms with Crippen molar-refractivity contribution < 1.29 is 23.8 Å². The Morgan fingerprint density at radius 2 is 2.00 bits per heavy atom. The lowest BCUT2D eigenvalue weighted by molar-refractivity contribution is -0.154. The highest BCUT2D eigenvalue weighted by Crippen LogP contribution is 2.58. The van der Waals surface area contributed by atoms with Gasteiger partial charge >= 0.3 is 5.63 Å². The van der Waals surface area contributed by atoms with Gasteiger partial charge in [-0.05, 0) is 36.5 Å². The predicted octanol–water partition coefficient (Wildman–Crippen LogP) is 2.70. The molecule has 2 N–H and O–H groups in total. The van der Waals surface area contributed by atoms with E-state index < -0.39 is 28.6 Å². The molecule has 1 aromatic carbocycles. The van der Waals surface area contributed by atoms with Crippen molar-refractivity contribution in [3.05, 3.63) is 87.0 Å². The minimum atomic E-state index is -2.07. The maximum Gasteiger partial charge on any atom is 0.335 e. The average Bonchev–Trinajstić information content (AvgIpc) is 3.11. The molecule has 2 aromatic rings. The highest BCUT2D eigenvalue weighted by molar-refractivity contribution is 6.13. The van der Waals surface area contributed by atoms with Crippen LogP contribution in [0.4, 0.5) is 0 Å². The number of rotatable bonds is 3. The van der Waals surface area contributed by atoms with E-state index in [-0.39, 0.29) is 11.5 Å². The van der Waals surface area contributed by atoms with Crippen molar-refractivity contribution in [2.45, 2.75) is 43.9 Å². The summed E-state index contributed by atoms with van der Waals surface area (Å²) < 4.78 is 10.8. The zero-order valence-electron chi connectivity index (χ0n) is 17.1. The molecule has 0 radical (unpaired) electrons. The van der Waals surface area contributed by atoms with Crippen LogP contribution in [0.5, 0.6) is 5.75 Å². The molecule has 158 valence electrons. The van der Waals surface area contributed by atoms with Crippen LogP contribution in [-0.4, -0.2) is 22.6 Å². The summed E-state index contributed by atoms with van der Waals surface area (Å²) in [5.74, 6) is -2.56. The van der Waals surface area contributed by atoms with Crippen LogP contribution in [0.1, 0.15) is 54.1 Å². The Bertz CT molecular complexity index is 1230. The summed E-state index contributed by atoms with van der Waals surface area (Å²) in [4.78, 5) is 38.1. The van der Waals surface area contributed by atoms with Gasteiger partial charge in [0.25, 0.3) is 11.7 Å². The molecule has 7 nitrogen and oxygen atoms in total. The molecule has 2 atom stereocenters. The summed E-state index contributed by atoms with van der Waals surface area (Å²) in [6, 6.07) is 7.83. The molecule has 0 spiro atoms. The van der Waals surface area contributed by atoms with Gasteiger partial charge in [0.15, 0.2) is 5.78 Å². The monoisotopic (exact) mass is 419 g/mol. The second kappa shape index (κ2) is 6.52. The van der Waals surface area contributed by atoms with Crippen molar-refractivity contribution in [3.63, 3.8) is 0 Å². The zero-order valence-corrected chi connectivity index (χ0v) is 17.1. The number of ether oxygens (including phenoxy) is 1. The molecule has 7 heteroatoms. The molecule has 0 bridgehead atoms. The maximum atomic E-state index is 13.7. The van der Waals surface area contributed by atoms with Gasteiger partial charge in [0.2, 0.25) is 5.54 Å². The van der Waals surface area contributed by atoms with Gasteiger partial charge in [0, 0.05) is 22.8 Å². The summed E-state index contributed by atoms with van der Waals surface area (Å²) in [5, 5.41) is 14.5. The Labute approximate surface area is 178 Å². The van der Waals surface area contributed by atoms with Gasteiger partial charge in [-0.15, -0.1) is 0 Å². The lowest BCUT2D eigenvalue weighted by Gasteiger charge is -2.35. The SMILES string of the molecule is CC(C)c1ccc2c(c1)OC1(O)C3=C(CCC=C3)C(=O)C21NC(=O)c1ccc(=O)oc1. The first-order valence-electron chi connectivity index (χ1n) is 10.2. The largest absolute Gasteiger partial charge is 0.454 e. The molecule has 1 aromatic heterocycles. The molecule has 1 aliphatic heterocycles. The molecule has 2 unspecified atom stereocenters. The van der Waals surface area contributed by atoms with Gasteiger partial charge < -0.3 is 19.6 Å². The standard InChI is InChI=1S/C24H21NO6/c1-13(2)14-7-9-18-19(11-14)31-24(29)17-6-4-3-5-16(17)21(27)23(18,24)25-22(28)15-8-10-20(26)30-12-15/h4,6-13,29H,3,5H2,1-2H3,(H,25,28). The average molecular weight is 419 g/mol.